The number of aromatic nitrogens is 1. The Hall–Kier alpha value is -1.52. The lowest BCUT2D eigenvalue weighted by molar-refractivity contribution is -0.00274. The Morgan fingerprint density at radius 2 is 2.10 bits per heavy atom. The van der Waals surface area contributed by atoms with E-state index in [0.29, 0.717) is 0 Å². The Morgan fingerprint density at radius 1 is 1.50 bits per heavy atom. The summed E-state index contributed by atoms with van der Waals surface area (Å²) in [6, 6.07) is 1.11. The number of alkyl halides is 2. The summed E-state index contributed by atoms with van der Waals surface area (Å²) in [6.07, 6.45) is -3.73. The quantitative estimate of drug-likeness (QED) is 0.646. The number of sulfonamides is 1. The van der Waals surface area contributed by atoms with Crippen LogP contribution in [0.2, 0.25) is 0 Å². The van der Waals surface area contributed by atoms with Crippen molar-refractivity contribution >= 4 is 15.9 Å². The molecule has 114 valence electrons. The zero-order valence-corrected chi connectivity index (χ0v) is 11.6. The van der Waals surface area contributed by atoms with Crippen molar-refractivity contribution in [3.05, 3.63) is 18.0 Å². The summed E-state index contributed by atoms with van der Waals surface area (Å²) >= 11 is 0. The number of nitrogens with one attached hydrogen (secondary N) is 2. The molecule has 1 atom stereocenters. The van der Waals surface area contributed by atoms with Gasteiger partial charge in [-0.3, -0.25) is 4.79 Å². The molecular weight excluding hydrogens is 296 g/mol. The van der Waals surface area contributed by atoms with Gasteiger partial charge in [0, 0.05) is 19.8 Å². The second-order valence-corrected chi connectivity index (χ2v) is 5.88. The van der Waals surface area contributed by atoms with Crippen molar-refractivity contribution in [1.82, 2.24) is 14.6 Å². The SMILES string of the molecule is CNS(=O)(=O)c1cc(C(=O)NCC(O)C(F)F)n(C)c1. The molecule has 0 saturated carbocycles. The highest BCUT2D eigenvalue weighted by molar-refractivity contribution is 7.89. The highest BCUT2D eigenvalue weighted by atomic mass is 32.2. The molecule has 0 saturated heterocycles. The fourth-order valence-electron chi connectivity index (χ4n) is 1.40. The Morgan fingerprint density at radius 3 is 2.60 bits per heavy atom. The molecule has 7 nitrogen and oxygen atoms in total. The number of rotatable bonds is 6. The minimum Gasteiger partial charge on any atom is -0.385 e. The third-order valence-corrected chi connectivity index (χ3v) is 3.94. The molecule has 1 unspecified atom stereocenters. The Bertz CT molecular complexity index is 585. The minimum absolute atomic E-state index is 0.0275. The summed E-state index contributed by atoms with van der Waals surface area (Å²) in [5, 5.41) is 11.0. The van der Waals surface area contributed by atoms with Gasteiger partial charge in [-0.25, -0.2) is 21.9 Å². The molecule has 0 fully saturated rings. The first-order valence-electron chi connectivity index (χ1n) is 5.53. The van der Waals surface area contributed by atoms with Crippen LogP contribution in [0.5, 0.6) is 0 Å². The average molecular weight is 311 g/mol. The van der Waals surface area contributed by atoms with Crippen molar-refractivity contribution in [2.45, 2.75) is 17.4 Å². The number of aliphatic hydroxyl groups excluding tert-OH is 1. The third-order valence-electron chi connectivity index (χ3n) is 2.55. The third kappa shape index (κ3) is 3.74. The lowest BCUT2D eigenvalue weighted by Gasteiger charge is -2.10. The van der Waals surface area contributed by atoms with Gasteiger partial charge in [0.25, 0.3) is 12.3 Å². The van der Waals surface area contributed by atoms with Crippen molar-refractivity contribution < 1.29 is 27.1 Å². The number of aliphatic hydroxyl groups is 1. The van der Waals surface area contributed by atoms with Gasteiger partial charge in [-0.05, 0) is 13.1 Å². The summed E-state index contributed by atoms with van der Waals surface area (Å²) in [5.41, 5.74) is -0.0275. The Kier molecular flexibility index (Phi) is 5.20. The van der Waals surface area contributed by atoms with Crippen LogP contribution in [0.3, 0.4) is 0 Å². The molecule has 1 amide bonds. The van der Waals surface area contributed by atoms with Crippen LogP contribution < -0.4 is 10.0 Å². The zero-order chi connectivity index (χ0) is 15.5. The second-order valence-electron chi connectivity index (χ2n) is 3.99. The van der Waals surface area contributed by atoms with Gasteiger partial charge in [-0.2, -0.15) is 0 Å². The largest absolute Gasteiger partial charge is 0.385 e. The van der Waals surface area contributed by atoms with Crippen LogP contribution in [-0.4, -0.2) is 50.1 Å². The second kappa shape index (κ2) is 6.29. The minimum atomic E-state index is -3.70. The lowest BCUT2D eigenvalue weighted by atomic mass is 10.3. The van der Waals surface area contributed by atoms with E-state index in [1.165, 1.54) is 24.9 Å². The fraction of sp³-hybridized carbons (Fsp3) is 0.500. The maximum Gasteiger partial charge on any atom is 0.268 e. The van der Waals surface area contributed by atoms with Crippen LogP contribution in [0, 0.1) is 0 Å². The topological polar surface area (TPSA) is 100 Å². The number of aryl methyl sites for hydroxylation is 1. The average Bonchev–Trinajstić information content (AvgIpc) is 2.78. The zero-order valence-electron chi connectivity index (χ0n) is 10.8. The van der Waals surface area contributed by atoms with Gasteiger partial charge in [0.15, 0.2) is 0 Å². The smallest absolute Gasteiger partial charge is 0.268 e. The van der Waals surface area contributed by atoms with Gasteiger partial charge in [-0.1, -0.05) is 0 Å². The van der Waals surface area contributed by atoms with Crippen molar-refractivity contribution in [2.75, 3.05) is 13.6 Å². The summed E-state index contributed by atoms with van der Waals surface area (Å²) in [7, 11) is -1.04. The normalized spacial score (nSPS) is 13.5. The number of halogens is 2. The molecule has 0 aliphatic rings. The fourth-order valence-corrected chi connectivity index (χ4v) is 2.20. The van der Waals surface area contributed by atoms with E-state index in [1.54, 1.807) is 0 Å². The number of carbonyl (C=O) groups is 1. The number of hydrogen-bond acceptors (Lipinski definition) is 4. The molecule has 1 rings (SSSR count). The van der Waals surface area contributed by atoms with Crippen LogP contribution in [0.15, 0.2) is 17.2 Å². The monoisotopic (exact) mass is 311 g/mol. The predicted molar refractivity (Wildman–Crippen MR) is 66.0 cm³/mol. The van der Waals surface area contributed by atoms with E-state index in [2.05, 4.69) is 10.0 Å². The van der Waals surface area contributed by atoms with E-state index >= 15 is 0 Å². The van der Waals surface area contributed by atoms with Gasteiger partial charge in [0.1, 0.15) is 16.7 Å². The predicted octanol–water partition coefficient (Wildman–Crippen LogP) is -0.711. The Balaban J connectivity index is 2.85. The van der Waals surface area contributed by atoms with E-state index in [-0.39, 0.29) is 10.6 Å². The molecule has 0 spiro atoms. The van der Waals surface area contributed by atoms with Crippen molar-refractivity contribution in [1.29, 1.82) is 0 Å². The highest BCUT2D eigenvalue weighted by Gasteiger charge is 2.21. The Labute approximate surface area is 114 Å². The van der Waals surface area contributed by atoms with Gasteiger partial charge in [0.05, 0.1) is 0 Å². The molecule has 0 aliphatic carbocycles. The first-order chi connectivity index (χ1) is 9.19. The molecule has 0 aliphatic heterocycles. The number of amides is 1. The van der Waals surface area contributed by atoms with Crippen molar-refractivity contribution in [3.8, 4) is 0 Å². The molecular formula is C10H15F2N3O4S. The summed E-state index contributed by atoms with van der Waals surface area (Å²) < 4.78 is 50.6. The maximum absolute atomic E-state index is 12.1. The van der Waals surface area contributed by atoms with Crippen molar-refractivity contribution in [3.63, 3.8) is 0 Å². The van der Waals surface area contributed by atoms with E-state index in [9.17, 15) is 22.0 Å². The van der Waals surface area contributed by atoms with E-state index in [1.807, 2.05) is 0 Å². The van der Waals surface area contributed by atoms with E-state index in [0.717, 1.165) is 6.07 Å². The first-order valence-corrected chi connectivity index (χ1v) is 7.01. The summed E-state index contributed by atoms with van der Waals surface area (Å²) in [6.45, 7) is -0.629. The molecule has 3 N–H and O–H groups in total. The molecule has 0 bridgehead atoms. The summed E-state index contributed by atoms with van der Waals surface area (Å²) in [5.74, 6) is -0.759. The van der Waals surface area contributed by atoms with Gasteiger partial charge < -0.3 is 15.0 Å². The van der Waals surface area contributed by atoms with Crippen LogP contribution in [-0.2, 0) is 17.1 Å². The number of carbonyl (C=O) groups excluding carboxylic acids is 1. The highest BCUT2D eigenvalue weighted by Crippen LogP contribution is 2.13. The van der Waals surface area contributed by atoms with Gasteiger partial charge >= 0.3 is 0 Å². The number of hydrogen-bond donors (Lipinski definition) is 3. The first kappa shape index (κ1) is 16.5. The summed E-state index contributed by atoms with van der Waals surface area (Å²) in [4.78, 5) is 11.6. The van der Waals surface area contributed by atoms with Crippen LogP contribution in [0.4, 0.5) is 8.78 Å². The van der Waals surface area contributed by atoms with Crippen LogP contribution in [0.1, 0.15) is 10.5 Å². The molecule has 10 heteroatoms. The van der Waals surface area contributed by atoms with Crippen LogP contribution >= 0.6 is 0 Å². The molecule has 1 heterocycles. The molecule has 20 heavy (non-hydrogen) atoms. The maximum atomic E-state index is 12.1. The molecule has 0 radical (unpaired) electrons. The van der Waals surface area contributed by atoms with E-state index in [4.69, 9.17) is 5.11 Å². The van der Waals surface area contributed by atoms with Crippen LogP contribution in [0.25, 0.3) is 0 Å². The number of nitrogens with zero attached hydrogens (tertiary/aromatic N) is 1. The van der Waals surface area contributed by atoms with Gasteiger partial charge in [0.2, 0.25) is 10.0 Å². The molecule has 1 aromatic rings. The molecule has 1 aromatic heterocycles. The van der Waals surface area contributed by atoms with Gasteiger partial charge in [-0.15, -0.1) is 0 Å². The van der Waals surface area contributed by atoms with E-state index < -0.39 is 35.0 Å². The van der Waals surface area contributed by atoms with Crippen molar-refractivity contribution in [2.24, 2.45) is 7.05 Å². The molecule has 0 aromatic carbocycles. The standard InChI is InChI=1S/C10H15F2N3O4S/c1-13-20(18,19)6-3-7(15(2)5-6)10(17)14-4-8(16)9(11)12/h3,5,8-9,13,16H,4H2,1-2H3,(H,14,17). The lowest BCUT2D eigenvalue weighted by Crippen LogP contribution is -2.36.